The van der Waals surface area contributed by atoms with Gasteiger partial charge in [-0.15, -0.1) is 0 Å². The monoisotopic (exact) mass is 907 g/mol. The zero-order valence-electron chi connectivity index (χ0n) is 38.3. The van der Waals surface area contributed by atoms with E-state index in [-0.39, 0.29) is 0 Å². The molecule has 0 aliphatic carbocycles. The number of nitrogens with zero attached hydrogens (tertiary/aromatic N) is 3. The lowest BCUT2D eigenvalue weighted by atomic mass is 10.1. The van der Waals surface area contributed by atoms with Crippen LogP contribution in [-0.4, -0.2) is 21.8 Å². The SMILES string of the molecule is c1ccc(-c2cccc(-n3c4cc(-n5c6ccccc6c6c([Si](c7ccccc7)(c7ccccc7)c7ccccc7)cccc65)ccc4c4cccc(-n5c6ccccc6c6ccccc65)c43)c2)cc1. The summed E-state index contributed by atoms with van der Waals surface area (Å²) >= 11 is 0. The first-order valence-corrected chi connectivity index (χ1v) is 26.2. The van der Waals surface area contributed by atoms with Crippen molar-refractivity contribution in [3.05, 3.63) is 273 Å². The molecule has 0 fully saturated rings. The van der Waals surface area contributed by atoms with Crippen LogP contribution >= 0.6 is 0 Å². The van der Waals surface area contributed by atoms with Crippen molar-refractivity contribution in [1.29, 1.82) is 0 Å². The van der Waals surface area contributed by atoms with Crippen molar-refractivity contribution >= 4 is 94.2 Å². The smallest absolute Gasteiger partial charge is 0.180 e. The van der Waals surface area contributed by atoms with E-state index in [1.165, 1.54) is 91.8 Å². The molecule has 328 valence electrons. The fourth-order valence-corrected chi connectivity index (χ4v) is 16.9. The van der Waals surface area contributed by atoms with Crippen molar-refractivity contribution in [3.8, 4) is 28.2 Å². The summed E-state index contributed by atoms with van der Waals surface area (Å²) < 4.78 is 7.52. The molecular weight excluding hydrogens is 863 g/mol. The summed E-state index contributed by atoms with van der Waals surface area (Å²) in [5, 5.41) is 12.9. The second kappa shape index (κ2) is 16.1. The number of benzene rings is 11. The number of rotatable bonds is 8. The molecule has 0 radical (unpaired) electrons. The molecule has 4 heteroatoms. The number of para-hydroxylation sites is 4. The van der Waals surface area contributed by atoms with Gasteiger partial charge in [0, 0.05) is 43.7 Å². The lowest BCUT2D eigenvalue weighted by molar-refractivity contribution is 1.12. The predicted molar refractivity (Wildman–Crippen MR) is 299 cm³/mol. The van der Waals surface area contributed by atoms with Crippen LogP contribution in [0.3, 0.4) is 0 Å². The Hall–Kier alpha value is -8.96. The molecule has 0 aliphatic rings. The average molecular weight is 908 g/mol. The lowest BCUT2D eigenvalue weighted by Crippen LogP contribution is -2.74. The summed E-state index contributed by atoms with van der Waals surface area (Å²) in [6.07, 6.45) is 0. The third-order valence-electron chi connectivity index (χ3n) is 14.8. The van der Waals surface area contributed by atoms with Gasteiger partial charge in [-0.25, -0.2) is 0 Å². The Morgan fingerprint density at radius 1 is 0.257 bits per heavy atom. The van der Waals surface area contributed by atoms with Gasteiger partial charge in [0.05, 0.1) is 38.8 Å². The van der Waals surface area contributed by atoms with Gasteiger partial charge < -0.3 is 13.7 Å². The number of hydrogen-bond donors (Lipinski definition) is 0. The van der Waals surface area contributed by atoms with E-state index in [4.69, 9.17) is 0 Å². The molecule has 0 aliphatic heterocycles. The summed E-state index contributed by atoms with van der Waals surface area (Å²) in [7, 11) is -2.91. The zero-order chi connectivity index (χ0) is 46.2. The molecule has 14 aromatic rings. The van der Waals surface area contributed by atoms with Crippen LogP contribution in [-0.2, 0) is 0 Å². The van der Waals surface area contributed by atoms with Gasteiger partial charge in [-0.05, 0) is 86.5 Å². The van der Waals surface area contributed by atoms with Gasteiger partial charge in [0.15, 0.2) is 8.07 Å². The van der Waals surface area contributed by atoms with E-state index in [0.29, 0.717) is 0 Å². The molecule has 70 heavy (non-hydrogen) atoms. The Morgan fingerprint density at radius 3 is 1.34 bits per heavy atom. The molecule has 0 spiro atoms. The Kier molecular flexibility index (Phi) is 9.23. The first-order chi connectivity index (χ1) is 34.8. The maximum Gasteiger partial charge on any atom is 0.180 e. The third-order valence-corrected chi connectivity index (χ3v) is 19.6. The molecule has 11 aromatic carbocycles. The van der Waals surface area contributed by atoms with Crippen molar-refractivity contribution in [2.45, 2.75) is 0 Å². The van der Waals surface area contributed by atoms with Gasteiger partial charge >= 0.3 is 0 Å². The Bertz CT molecular complexity index is 4130. The summed E-state index contributed by atoms with van der Waals surface area (Å²) in [6.45, 7) is 0. The summed E-state index contributed by atoms with van der Waals surface area (Å²) in [4.78, 5) is 0. The standard InChI is InChI=1S/C66H45N3Si/c1-5-22-46(23-6-1)47-24-19-25-48(44-47)68-63-45-49(42-43-55(63)56-35-20-40-62(66(56)68)69-58-36-16-13-32-53(58)54-33-14-17-37-59(54)69)67-60-38-18-15-34-57(60)65-61(67)39-21-41-64(65)70(50-26-7-2-8-27-50,51-28-9-3-10-29-51)52-30-11-4-12-31-52/h1-45H. The van der Waals surface area contributed by atoms with Crippen LogP contribution in [0, 0.1) is 0 Å². The van der Waals surface area contributed by atoms with E-state index in [9.17, 15) is 0 Å². The van der Waals surface area contributed by atoms with Crippen LogP contribution in [0.2, 0.25) is 0 Å². The molecule has 0 N–H and O–H groups in total. The average Bonchev–Trinajstić information content (AvgIpc) is 4.08. The topological polar surface area (TPSA) is 14.8 Å². The molecule has 3 aromatic heterocycles. The number of fused-ring (bicyclic) bond motifs is 9. The van der Waals surface area contributed by atoms with Gasteiger partial charge in [0.25, 0.3) is 0 Å². The molecule has 0 unspecified atom stereocenters. The molecular formula is C66H45N3Si. The van der Waals surface area contributed by atoms with E-state index >= 15 is 0 Å². The minimum absolute atomic E-state index is 1.11. The van der Waals surface area contributed by atoms with Crippen molar-refractivity contribution < 1.29 is 0 Å². The number of hydrogen-bond acceptors (Lipinski definition) is 0. The third kappa shape index (κ3) is 5.94. The largest absolute Gasteiger partial charge is 0.309 e. The highest BCUT2D eigenvalue weighted by molar-refractivity contribution is 7.20. The van der Waals surface area contributed by atoms with Crippen molar-refractivity contribution in [3.63, 3.8) is 0 Å². The predicted octanol–water partition coefficient (Wildman–Crippen LogP) is 14.0. The minimum Gasteiger partial charge on any atom is -0.309 e. The van der Waals surface area contributed by atoms with Gasteiger partial charge in [0.1, 0.15) is 0 Å². The Balaban J connectivity index is 1.09. The summed E-state index contributed by atoms with van der Waals surface area (Å²) in [6, 6.07) is 101. The molecule has 14 rings (SSSR count). The normalized spacial score (nSPS) is 12.0. The zero-order valence-corrected chi connectivity index (χ0v) is 39.3. The fourth-order valence-electron chi connectivity index (χ4n) is 11.9. The van der Waals surface area contributed by atoms with Crippen LogP contribution in [0.4, 0.5) is 0 Å². The van der Waals surface area contributed by atoms with Gasteiger partial charge in [-0.1, -0.05) is 218 Å². The fraction of sp³-hybridized carbons (Fsp3) is 0. The minimum atomic E-state index is -2.91. The first-order valence-electron chi connectivity index (χ1n) is 24.2. The molecule has 3 heterocycles. The van der Waals surface area contributed by atoms with Gasteiger partial charge in [0.2, 0.25) is 0 Å². The van der Waals surface area contributed by atoms with Crippen LogP contribution in [0.5, 0.6) is 0 Å². The first kappa shape index (κ1) is 40.1. The van der Waals surface area contributed by atoms with Gasteiger partial charge in [-0.2, -0.15) is 0 Å². The van der Waals surface area contributed by atoms with Crippen LogP contribution in [0.15, 0.2) is 273 Å². The quantitative estimate of drug-likeness (QED) is 0.107. The van der Waals surface area contributed by atoms with E-state index in [1.807, 2.05) is 0 Å². The van der Waals surface area contributed by atoms with E-state index in [0.717, 1.165) is 22.6 Å². The lowest BCUT2D eigenvalue weighted by Gasteiger charge is -2.35. The molecule has 0 atom stereocenters. The second-order valence-corrected chi connectivity index (χ2v) is 22.2. The van der Waals surface area contributed by atoms with Crippen LogP contribution in [0.25, 0.3) is 93.6 Å². The van der Waals surface area contributed by atoms with Crippen molar-refractivity contribution in [1.82, 2.24) is 13.7 Å². The van der Waals surface area contributed by atoms with E-state index in [1.54, 1.807) is 0 Å². The van der Waals surface area contributed by atoms with E-state index in [2.05, 4.69) is 287 Å². The Labute approximate surface area is 407 Å². The maximum atomic E-state index is 2.52. The molecule has 0 bridgehead atoms. The molecule has 0 amide bonds. The van der Waals surface area contributed by atoms with Crippen molar-refractivity contribution in [2.24, 2.45) is 0 Å². The number of aromatic nitrogens is 3. The molecule has 0 saturated heterocycles. The maximum absolute atomic E-state index is 2.91. The highest BCUT2D eigenvalue weighted by Crippen LogP contribution is 2.42. The van der Waals surface area contributed by atoms with E-state index < -0.39 is 8.07 Å². The highest BCUT2D eigenvalue weighted by Gasteiger charge is 2.43. The van der Waals surface area contributed by atoms with Gasteiger partial charge in [-0.3, -0.25) is 0 Å². The summed E-state index contributed by atoms with van der Waals surface area (Å²) in [5.41, 5.74) is 12.8. The highest BCUT2D eigenvalue weighted by atomic mass is 28.3. The second-order valence-electron chi connectivity index (χ2n) is 18.4. The summed E-state index contributed by atoms with van der Waals surface area (Å²) in [5.74, 6) is 0. The molecule has 3 nitrogen and oxygen atoms in total. The van der Waals surface area contributed by atoms with Crippen LogP contribution in [0.1, 0.15) is 0 Å². The van der Waals surface area contributed by atoms with Crippen LogP contribution < -0.4 is 20.7 Å². The molecule has 0 saturated carbocycles. The Morgan fingerprint density at radius 2 is 0.714 bits per heavy atom. The van der Waals surface area contributed by atoms with Crippen molar-refractivity contribution in [2.75, 3.05) is 0 Å².